The van der Waals surface area contributed by atoms with Crippen LogP contribution >= 0.6 is 0 Å². The quantitative estimate of drug-likeness (QED) is 0.681. The molecule has 0 saturated carbocycles. The summed E-state index contributed by atoms with van der Waals surface area (Å²) in [5.74, 6) is 1.65. The third-order valence-electron chi connectivity index (χ3n) is 2.23. The number of nitrogens with zero attached hydrogens (tertiary/aromatic N) is 1. The van der Waals surface area contributed by atoms with Crippen molar-refractivity contribution >= 4 is 16.7 Å². The van der Waals surface area contributed by atoms with Crippen molar-refractivity contribution in [2.24, 2.45) is 0 Å². The number of nitrogens with two attached hydrogens (primary N) is 1. The Morgan fingerprint density at radius 1 is 1.14 bits per heavy atom. The maximum atomic E-state index is 5.72. The third kappa shape index (κ3) is 0.849. The van der Waals surface area contributed by atoms with Gasteiger partial charge in [0.15, 0.2) is 11.6 Å². The highest BCUT2D eigenvalue weighted by atomic mass is 16.7. The van der Waals surface area contributed by atoms with Crippen LogP contribution in [0.1, 0.15) is 0 Å². The van der Waals surface area contributed by atoms with Gasteiger partial charge in [0.1, 0.15) is 0 Å². The topological polar surface area (TPSA) is 57.4 Å². The second-order valence-electron chi connectivity index (χ2n) is 3.08. The van der Waals surface area contributed by atoms with E-state index in [-0.39, 0.29) is 6.79 Å². The number of fused-ring (bicyclic) bond motifs is 3. The molecule has 3 rings (SSSR count). The van der Waals surface area contributed by atoms with Crippen LogP contribution in [-0.4, -0.2) is 11.8 Å². The van der Waals surface area contributed by atoms with E-state index in [1.165, 1.54) is 0 Å². The highest BCUT2D eigenvalue weighted by molar-refractivity contribution is 5.90. The molecule has 4 nitrogen and oxygen atoms in total. The molecule has 1 aromatic carbocycles. The molecule has 1 aromatic heterocycles. The van der Waals surface area contributed by atoms with Crippen LogP contribution in [0.25, 0.3) is 10.9 Å². The highest BCUT2D eigenvalue weighted by Gasteiger charge is 2.20. The van der Waals surface area contributed by atoms with Gasteiger partial charge in [-0.25, -0.2) is 4.98 Å². The molecule has 0 amide bonds. The van der Waals surface area contributed by atoms with E-state index in [1.807, 2.05) is 24.3 Å². The van der Waals surface area contributed by atoms with Crippen molar-refractivity contribution in [3.05, 3.63) is 24.3 Å². The van der Waals surface area contributed by atoms with E-state index in [1.54, 1.807) is 0 Å². The van der Waals surface area contributed by atoms with Crippen LogP contribution < -0.4 is 15.2 Å². The molecule has 4 heteroatoms. The summed E-state index contributed by atoms with van der Waals surface area (Å²) in [6.45, 7) is 0.217. The Hall–Kier alpha value is -1.97. The molecule has 1 aliphatic rings. The van der Waals surface area contributed by atoms with Crippen LogP contribution in [0.5, 0.6) is 11.5 Å². The largest absolute Gasteiger partial charge is 0.453 e. The van der Waals surface area contributed by atoms with E-state index in [4.69, 9.17) is 15.2 Å². The Labute approximate surface area is 80.3 Å². The minimum Gasteiger partial charge on any atom is -0.453 e. The molecule has 0 bridgehead atoms. The summed E-state index contributed by atoms with van der Waals surface area (Å²) < 4.78 is 10.6. The van der Waals surface area contributed by atoms with Gasteiger partial charge in [0, 0.05) is 5.39 Å². The zero-order valence-electron chi connectivity index (χ0n) is 7.36. The van der Waals surface area contributed by atoms with Gasteiger partial charge >= 0.3 is 0 Å². The van der Waals surface area contributed by atoms with E-state index >= 15 is 0 Å². The average Bonchev–Trinajstić information content (AvgIpc) is 2.67. The van der Waals surface area contributed by atoms with Gasteiger partial charge in [-0.15, -0.1) is 0 Å². The lowest BCUT2D eigenvalue weighted by Gasteiger charge is -2.03. The summed E-state index contributed by atoms with van der Waals surface area (Å²) in [7, 11) is 0. The smallest absolute Gasteiger partial charge is 0.231 e. The molecule has 0 atom stereocenters. The number of nitrogen functional groups attached to an aromatic ring is 1. The van der Waals surface area contributed by atoms with Crippen molar-refractivity contribution < 1.29 is 9.47 Å². The number of ether oxygens (including phenoxy) is 2. The second kappa shape index (κ2) is 2.51. The monoisotopic (exact) mass is 188 g/mol. The van der Waals surface area contributed by atoms with Gasteiger partial charge in [-0.05, 0) is 12.1 Å². The first-order chi connectivity index (χ1) is 6.86. The Bertz CT molecular complexity index is 511. The first-order valence-corrected chi connectivity index (χ1v) is 4.30. The fourth-order valence-corrected chi connectivity index (χ4v) is 1.61. The molecular weight excluding hydrogens is 180 g/mol. The summed E-state index contributed by atoms with van der Waals surface area (Å²) in [4.78, 5) is 4.22. The summed E-state index contributed by atoms with van der Waals surface area (Å²) in [6.07, 6.45) is 0. The summed E-state index contributed by atoms with van der Waals surface area (Å²) >= 11 is 0. The molecular formula is C10H8N2O2. The number of pyridine rings is 1. The molecule has 0 unspecified atom stereocenters. The van der Waals surface area contributed by atoms with Gasteiger partial charge in [0.2, 0.25) is 12.5 Å². The SMILES string of the molecule is Nc1nc2ccccc2c2c1OCO2. The number of hydrogen-bond acceptors (Lipinski definition) is 4. The lowest BCUT2D eigenvalue weighted by Crippen LogP contribution is -1.95. The van der Waals surface area contributed by atoms with Crippen LogP contribution in [0.3, 0.4) is 0 Å². The minimum absolute atomic E-state index is 0.217. The molecule has 2 N–H and O–H groups in total. The Balaban J connectivity index is 2.46. The molecule has 0 radical (unpaired) electrons. The van der Waals surface area contributed by atoms with Gasteiger partial charge in [-0.2, -0.15) is 0 Å². The Morgan fingerprint density at radius 3 is 2.86 bits per heavy atom. The number of aromatic nitrogens is 1. The van der Waals surface area contributed by atoms with Crippen molar-refractivity contribution in [3.63, 3.8) is 0 Å². The van der Waals surface area contributed by atoms with Crippen molar-refractivity contribution in [3.8, 4) is 11.5 Å². The normalized spacial score (nSPS) is 13.4. The average molecular weight is 188 g/mol. The Morgan fingerprint density at radius 2 is 1.93 bits per heavy atom. The van der Waals surface area contributed by atoms with E-state index < -0.39 is 0 Å². The predicted octanol–water partition coefficient (Wildman–Crippen LogP) is 1.55. The molecule has 0 spiro atoms. The molecule has 1 aliphatic heterocycles. The van der Waals surface area contributed by atoms with Gasteiger partial charge < -0.3 is 15.2 Å². The van der Waals surface area contributed by atoms with Gasteiger partial charge in [0.05, 0.1) is 5.52 Å². The number of rotatable bonds is 0. The summed E-state index contributed by atoms with van der Waals surface area (Å²) in [6, 6.07) is 7.68. The maximum Gasteiger partial charge on any atom is 0.231 e. The Kier molecular flexibility index (Phi) is 1.33. The number of benzene rings is 1. The summed E-state index contributed by atoms with van der Waals surface area (Å²) in [5.41, 5.74) is 6.55. The van der Waals surface area contributed by atoms with Crippen molar-refractivity contribution in [2.45, 2.75) is 0 Å². The molecule has 0 saturated heterocycles. The second-order valence-corrected chi connectivity index (χ2v) is 3.08. The van der Waals surface area contributed by atoms with Crippen molar-refractivity contribution in [2.75, 3.05) is 12.5 Å². The van der Waals surface area contributed by atoms with Crippen molar-refractivity contribution in [1.29, 1.82) is 0 Å². The number of para-hydroxylation sites is 1. The van der Waals surface area contributed by atoms with Crippen molar-refractivity contribution in [1.82, 2.24) is 4.98 Å². The lowest BCUT2D eigenvalue weighted by atomic mass is 10.2. The fraction of sp³-hybridized carbons (Fsp3) is 0.100. The van der Waals surface area contributed by atoms with E-state index in [0.717, 1.165) is 10.9 Å². The maximum absolute atomic E-state index is 5.72. The molecule has 14 heavy (non-hydrogen) atoms. The van der Waals surface area contributed by atoms with Crippen LogP contribution in [0.4, 0.5) is 5.82 Å². The molecule has 70 valence electrons. The standard InChI is InChI=1S/C10H8N2O2/c11-10-9-8(13-5-14-9)6-3-1-2-4-7(6)12-10/h1-4H,5H2,(H2,11,12). The van der Waals surface area contributed by atoms with Gasteiger partial charge in [-0.1, -0.05) is 12.1 Å². The highest BCUT2D eigenvalue weighted by Crippen LogP contribution is 2.41. The molecule has 2 aromatic rings. The zero-order valence-corrected chi connectivity index (χ0v) is 7.36. The lowest BCUT2D eigenvalue weighted by molar-refractivity contribution is 0.175. The summed E-state index contributed by atoms with van der Waals surface area (Å²) in [5, 5.41) is 0.939. The predicted molar refractivity (Wildman–Crippen MR) is 52.3 cm³/mol. The van der Waals surface area contributed by atoms with Crippen LogP contribution in [0.2, 0.25) is 0 Å². The van der Waals surface area contributed by atoms with Crippen LogP contribution in [0, 0.1) is 0 Å². The fourth-order valence-electron chi connectivity index (χ4n) is 1.61. The number of hydrogen-bond donors (Lipinski definition) is 1. The minimum atomic E-state index is 0.217. The first kappa shape index (κ1) is 7.44. The first-order valence-electron chi connectivity index (χ1n) is 4.30. The zero-order chi connectivity index (χ0) is 9.54. The van der Waals surface area contributed by atoms with E-state index in [9.17, 15) is 0 Å². The molecule has 0 fully saturated rings. The van der Waals surface area contributed by atoms with Gasteiger partial charge in [-0.3, -0.25) is 0 Å². The molecule has 0 aliphatic carbocycles. The van der Waals surface area contributed by atoms with Crippen LogP contribution in [-0.2, 0) is 0 Å². The number of anilines is 1. The third-order valence-corrected chi connectivity index (χ3v) is 2.23. The van der Waals surface area contributed by atoms with E-state index in [0.29, 0.717) is 17.3 Å². The van der Waals surface area contributed by atoms with E-state index in [2.05, 4.69) is 4.98 Å². The van der Waals surface area contributed by atoms with Gasteiger partial charge in [0.25, 0.3) is 0 Å². The van der Waals surface area contributed by atoms with Crippen LogP contribution in [0.15, 0.2) is 24.3 Å². The molecule has 2 heterocycles.